The van der Waals surface area contributed by atoms with Gasteiger partial charge < -0.3 is 20.4 Å². The zero-order chi connectivity index (χ0) is 15.2. The van der Waals surface area contributed by atoms with E-state index in [1.54, 1.807) is 4.90 Å². The lowest BCUT2D eigenvalue weighted by molar-refractivity contribution is -0.137. The summed E-state index contributed by atoms with van der Waals surface area (Å²) in [6.07, 6.45) is 2.90. The van der Waals surface area contributed by atoms with Crippen molar-refractivity contribution in [3.63, 3.8) is 0 Å². The third kappa shape index (κ3) is 4.43. The van der Waals surface area contributed by atoms with Gasteiger partial charge >= 0.3 is 12.0 Å². The molecule has 0 unspecified atom stereocenters. The summed E-state index contributed by atoms with van der Waals surface area (Å²) in [5.74, 6) is -0.990. The predicted molar refractivity (Wildman–Crippen MR) is 74.0 cm³/mol. The number of hydrogen-bond donors (Lipinski definition) is 3. The number of carbonyl (C=O) groups excluding carboxylic acids is 1. The first-order valence-electron chi connectivity index (χ1n) is 6.72. The fraction of sp³-hybridized carbons (Fsp3) is 0.583. The Balaban J connectivity index is 1.82. The van der Waals surface area contributed by atoms with Crippen molar-refractivity contribution in [1.82, 2.24) is 19.6 Å². The number of aromatic nitrogens is 2. The molecule has 0 aromatic carbocycles. The van der Waals surface area contributed by atoms with Crippen LogP contribution in [0, 0.1) is 0 Å². The van der Waals surface area contributed by atoms with Crippen LogP contribution in [-0.4, -0.2) is 81.1 Å². The highest BCUT2D eigenvalue weighted by Gasteiger charge is 2.21. The van der Waals surface area contributed by atoms with Crippen molar-refractivity contribution < 1.29 is 19.8 Å². The number of anilines is 1. The summed E-state index contributed by atoms with van der Waals surface area (Å²) in [6.45, 7) is 3.14. The number of carboxylic acid groups (broad SMARTS) is 1. The minimum Gasteiger partial charge on any atom is -0.480 e. The van der Waals surface area contributed by atoms with E-state index in [4.69, 9.17) is 10.2 Å². The molecule has 0 bridgehead atoms. The van der Waals surface area contributed by atoms with Gasteiger partial charge in [0.05, 0.1) is 18.5 Å². The van der Waals surface area contributed by atoms with E-state index in [1.807, 2.05) is 0 Å². The van der Waals surface area contributed by atoms with E-state index < -0.39 is 5.97 Å². The number of carboxylic acids is 1. The third-order valence-electron chi connectivity index (χ3n) is 3.26. The summed E-state index contributed by atoms with van der Waals surface area (Å²) in [4.78, 5) is 26.4. The summed E-state index contributed by atoms with van der Waals surface area (Å²) in [5.41, 5.74) is 0.471. The smallest absolute Gasteiger partial charge is 0.325 e. The van der Waals surface area contributed by atoms with Crippen LogP contribution in [0.2, 0.25) is 0 Å². The van der Waals surface area contributed by atoms with E-state index >= 15 is 0 Å². The van der Waals surface area contributed by atoms with Crippen LogP contribution in [0.25, 0.3) is 0 Å². The van der Waals surface area contributed by atoms with Gasteiger partial charge in [0.2, 0.25) is 0 Å². The van der Waals surface area contributed by atoms with Gasteiger partial charge in [0.15, 0.2) is 0 Å². The Bertz CT molecular complexity index is 496. The minimum atomic E-state index is -0.990. The Morgan fingerprint density at radius 1 is 1.29 bits per heavy atom. The van der Waals surface area contributed by atoms with Crippen molar-refractivity contribution in [1.29, 1.82) is 0 Å². The van der Waals surface area contributed by atoms with Crippen LogP contribution in [0.3, 0.4) is 0 Å². The van der Waals surface area contributed by atoms with Gasteiger partial charge in [-0.25, -0.2) is 4.79 Å². The Morgan fingerprint density at radius 2 is 2.00 bits per heavy atom. The van der Waals surface area contributed by atoms with E-state index in [-0.39, 0.29) is 19.2 Å². The molecule has 0 saturated carbocycles. The number of carbonyl (C=O) groups is 2. The maximum absolute atomic E-state index is 12.1. The lowest BCUT2D eigenvalue weighted by atomic mass is 10.3. The second kappa shape index (κ2) is 7.04. The van der Waals surface area contributed by atoms with E-state index in [9.17, 15) is 9.59 Å². The van der Waals surface area contributed by atoms with Crippen LogP contribution in [0.5, 0.6) is 0 Å². The van der Waals surface area contributed by atoms with Crippen LogP contribution in [0.15, 0.2) is 12.4 Å². The monoisotopic (exact) mass is 297 g/mol. The van der Waals surface area contributed by atoms with Crippen molar-refractivity contribution in [3.05, 3.63) is 12.4 Å². The lowest BCUT2D eigenvalue weighted by Crippen LogP contribution is -2.50. The summed E-state index contributed by atoms with van der Waals surface area (Å²) in [6, 6.07) is -0.228. The number of nitrogens with one attached hydrogen (secondary N) is 1. The predicted octanol–water partition coefficient (Wildman–Crippen LogP) is -0.890. The number of aliphatic hydroxyl groups is 1. The highest BCUT2D eigenvalue weighted by atomic mass is 16.4. The highest BCUT2D eigenvalue weighted by Crippen LogP contribution is 2.08. The Labute approximate surface area is 121 Å². The fourth-order valence-corrected chi connectivity index (χ4v) is 2.17. The standard InChI is InChI=1S/C12H19N5O4/c18-6-5-15-1-3-16(4-2-15)12(21)14-10-7-13-17(8-10)9-11(19)20/h7-8,18H,1-6,9H2,(H,14,21)(H,19,20). The van der Waals surface area contributed by atoms with E-state index in [1.165, 1.54) is 17.1 Å². The number of aliphatic hydroxyl groups excluding tert-OH is 1. The van der Waals surface area contributed by atoms with E-state index in [0.717, 1.165) is 13.1 Å². The molecule has 2 heterocycles. The molecule has 0 radical (unpaired) electrons. The molecule has 0 atom stereocenters. The normalized spacial score (nSPS) is 16.0. The average Bonchev–Trinajstić information content (AvgIpc) is 2.86. The molecule has 1 aromatic heterocycles. The van der Waals surface area contributed by atoms with Gasteiger partial charge in [-0.2, -0.15) is 5.10 Å². The minimum absolute atomic E-state index is 0.120. The van der Waals surface area contributed by atoms with Crippen molar-refractivity contribution in [2.75, 3.05) is 44.6 Å². The maximum Gasteiger partial charge on any atom is 0.325 e. The van der Waals surface area contributed by atoms with E-state index in [0.29, 0.717) is 25.3 Å². The van der Waals surface area contributed by atoms with Gasteiger partial charge in [0.25, 0.3) is 0 Å². The van der Waals surface area contributed by atoms with Crippen LogP contribution in [0.1, 0.15) is 0 Å². The molecule has 0 aliphatic carbocycles. The number of hydrogen-bond acceptors (Lipinski definition) is 5. The molecule has 1 aliphatic rings. The zero-order valence-electron chi connectivity index (χ0n) is 11.6. The molecule has 9 heteroatoms. The van der Waals surface area contributed by atoms with Crippen LogP contribution in [-0.2, 0) is 11.3 Å². The first-order valence-corrected chi connectivity index (χ1v) is 6.72. The number of aliphatic carboxylic acids is 1. The molecule has 2 amide bonds. The van der Waals surface area contributed by atoms with Gasteiger partial charge in [-0.15, -0.1) is 0 Å². The number of urea groups is 1. The molecule has 1 aliphatic heterocycles. The van der Waals surface area contributed by atoms with Gasteiger partial charge in [0, 0.05) is 38.9 Å². The van der Waals surface area contributed by atoms with Gasteiger partial charge in [-0.1, -0.05) is 0 Å². The number of nitrogens with zero attached hydrogens (tertiary/aromatic N) is 4. The van der Waals surface area contributed by atoms with Crippen molar-refractivity contribution in [2.45, 2.75) is 6.54 Å². The number of rotatable bonds is 5. The molecule has 3 N–H and O–H groups in total. The Kier molecular flexibility index (Phi) is 5.12. The quantitative estimate of drug-likeness (QED) is 0.650. The first-order chi connectivity index (χ1) is 10.1. The first kappa shape index (κ1) is 15.3. The molecular weight excluding hydrogens is 278 g/mol. The molecule has 1 saturated heterocycles. The molecule has 1 aromatic rings. The topological polar surface area (TPSA) is 111 Å². The Morgan fingerprint density at radius 3 is 2.62 bits per heavy atom. The lowest BCUT2D eigenvalue weighted by Gasteiger charge is -2.34. The van der Waals surface area contributed by atoms with Gasteiger partial charge in [-0.3, -0.25) is 14.4 Å². The number of piperazine rings is 1. The molecule has 2 rings (SSSR count). The molecule has 116 valence electrons. The maximum atomic E-state index is 12.1. The third-order valence-corrected chi connectivity index (χ3v) is 3.26. The largest absolute Gasteiger partial charge is 0.480 e. The molecule has 21 heavy (non-hydrogen) atoms. The van der Waals surface area contributed by atoms with E-state index in [2.05, 4.69) is 15.3 Å². The molecule has 1 fully saturated rings. The van der Waals surface area contributed by atoms with Crippen LogP contribution >= 0.6 is 0 Å². The average molecular weight is 297 g/mol. The fourth-order valence-electron chi connectivity index (χ4n) is 2.17. The summed E-state index contributed by atoms with van der Waals surface area (Å²) >= 11 is 0. The van der Waals surface area contributed by atoms with Gasteiger partial charge in [0.1, 0.15) is 6.54 Å². The SMILES string of the molecule is O=C(O)Cn1cc(NC(=O)N2CCN(CCO)CC2)cn1. The highest BCUT2D eigenvalue weighted by molar-refractivity contribution is 5.89. The van der Waals surface area contributed by atoms with Crippen molar-refractivity contribution in [2.24, 2.45) is 0 Å². The Hall–Kier alpha value is -2.13. The molecule has 9 nitrogen and oxygen atoms in total. The summed E-state index contributed by atoms with van der Waals surface area (Å²) in [5, 5.41) is 24.1. The van der Waals surface area contributed by atoms with Crippen LogP contribution in [0.4, 0.5) is 10.5 Å². The van der Waals surface area contributed by atoms with Crippen molar-refractivity contribution >= 4 is 17.7 Å². The van der Waals surface area contributed by atoms with Gasteiger partial charge in [-0.05, 0) is 0 Å². The zero-order valence-corrected chi connectivity index (χ0v) is 11.6. The molecular formula is C12H19N5O4. The second-order valence-corrected chi connectivity index (χ2v) is 4.80. The summed E-state index contributed by atoms with van der Waals surface area (Å²) in [7, 11) is 0. The summed E-state index contributed by atoms with van der Waals surface area (Å²) < 4.78 is 1.25. The number of β-amino-alcohol motifs (C(OH)–C–C–N with tert-alkyl or cyclic N) is 1. The van der Waals surface area contributed by atoms with Crippen LogP contribution < -0.4 is 5.32 Å². The van der Waals surface area contributed by atoms with Crippen molar-refractivity contribution in [3.8, 4) is 0 Å². The molecule has 0 spiro atoms. The number of amides is 2. The second-order valence-electron chi connectivity index (χ2n) is 4.80.